The molecule has 0 aromatic heterocycles. The maximum atomic E-state index is 14.1. The van der Waals surface area contributed by atoms with Gasteiger partial charge in [0.1, 0.15) is 12.4 Å². The minimum Gasteiger partial charge on any atom is -0.493 e. The summed E-state index contributed by atoms with van der Waals surface area (Å²) in [6.07, 6.45) is 1.90. The van der Waals surface area contributed by atoms with Gasteiger partial charge >= 0.3 is 11.8 Å². The molecular weight excluding hydrogens is 461 g/mol. The molecule has 0 saturated heterocycles. The van der Waals surface area contributed by atoms with Crippen LogP contribution in [0.2, 0.25) is 5.02 Å². The number of rotatable bonds is 9. The van der Waals surface area contributed by atoms with E-state index in [4.69, 9.17) is 21.1 Å². The quantitative estimate of drug-likeness (QED) is 0.275. The van der Waals surface area contributed by atoms with E-state index in [-0.39, 0.29) is 22.9 Å². The first-order valence-corrected chi connectivity index (χ1v) is 10.7. The minimum atomic E-state index is -0.909. The van der Waals surface area contributed by atoms with Crippen molar-refractivity contribution >= 4 is 29.6 Å². The van der Waals surface area contributed by atoms with Crippen LogP contribution in [0.4, 0.5) is 4.39 Å². The highest BCUT2D eigenvalue weighted by Gasteiger charge is 2.14. The first-order valence-electron chi connectivity index (χ1n) is 10.4. The van der Waals surface area contributed by atoms with Gasteiger partial charge in [-0.05, 0) is 36.2 Å². The van der Waals surface area contributed by atoms with Crippen LogP contribution in [0.15, 0.2) is 71.8 Å². The molecule has 2 N–H and O–H groups in total. The summed E-state index contributed by atoms with van der Waals surface area (Å²) < 4.78 is 25.2. The average Bonchev–Trinajstić information content (AvgIpc) is 2.84. The van der Waals surface area contributed by atoms with E-state index in [2.05, 4.69) is 15.8 Å². The average molecular weight is 484 g/mol. The van der Waals surface area contributed by atoms with Crippen molar-refractivity contribution in [2.24, 2.45) is 5.10 Å². The van der Waals surface area contributed by atoms with Gasteiger partial charge in [0.15, 0.2) is 11.5 Å². The smallest absolute Gasteiger partial charge is 0.329 e. The van der Waals surface area contributed by atoms with Gasteiger partial charge in [0.25, 0.3) is 0 Å². The van der Waals surface area contributed by atoms with Gasteiger partial charge < -0.3 is 14.8 Å². The van der Waals surface area contributed by atoms with Crippen molar-refractivity contribution in [3.63, 3.8) is 0 Å². The van der Waals surface area contributed by atoms with Crippen LogP contribution in [0.1, 0.15) is 16.7 Å². The maximum absolute atomic E-state index is 14.1. The van der Waals surface area contributed by atoms with Crippen molar-refractivity contribution < 1.29 is 23.5 Å². The number of carbonyl (C=O) groups excluding carboxylic acids is 2. The van der Waals surface area contributed by atoms with Gasteiger partial charge in [0, 0.05) is 17.7 Å². The Balaban J connectivity index is 1.60. The van der Waals surface area contributed by atoms with Crippen LogP contribution >= 0.6 is 11.6 Å². The summed E-state index contributed by atoms with van der Waals surface area (Å²) in [6, 6.07) is 19.0. The molecule has 0 aliphatic heterocycles. The van der Waals surface area contributed by atoms with Crippen molar-refractivity contribution in [3.8, 4) is 11.5 Å². The first-order chi connectivity index (χ1) is 16.5. The van der Waals surface area contributed by atoms with Crippen LogP contribution in [-0.2, 0) is 22.6 Å². The Morgan fingerprint density at radius 2 is 1.79 bits per heavy atom. The molecule has 0 aliphatic rings. The fourth-order valence-corrected chi connectivity index (χ4v) is 3.24. The number of hydrogen-bond acceptors (Lipinski definition) is 5. The summed E-state index contributed by atoms with van der Waals surface area (Å²) in [7, 11) is 1.46. The second-order valence-electron chi connectivity index (χ2n) is 7.06. The summed E-state index contributed by atoms with van der Waals surface area (Å²) in [5.41, 5.74) is 3.86. The van der Waals surface area contributed by atoms with Crippen molar-refractivity contribution in [3.05, 3.63) is 94.3 Å². The van der Waals surface area contributed by atoms with Crippen LogP contribution in [0.3, 0.4) is 0 Å². The van der Waals surface area contributed by atoms with Gasteiger partial charge in [-0.2, -0.15) is 5.10 Å². The molecule has 0 fully saturated rings. The number of ether oxygens (including phenoxy) is 2. The molecule has 0 unspecified atom stereocenters. The minimum absolute atomic E-state index is 0.150. The molecule has 176 valence electrons. The number of amides is 2. The highest BCUT2D eigenvalue weighted by atomic mass is 35.5. The predicted molar refractivity (Wildman–Crippen MR) is 128 cm³/mol. The largest absolute Gasteiger partial charge is 0.493 e. The Morgan fingerprint density at radius 3 is 2.53 bits per heavy atom. The van der Waals surface area contributed by atoms with Crippen molar-refractivity contribution in [2.45, 2.75) is 13.0 Å². The Kier molecular flexibility index (Phi) is 8.99. The zero-order valence-corrected chi connectivity index (χ0v) is 19.1. The summed E-state index contributed by atoms with van der Waals surface area (Å²) >= 11 is 6.07. The summed E-state index contributed by atoms with van der Waals surface area (Å²) in [6.45, 7) is 0.162. The second kappa shape index (κ2) is 12.4. The number of halogens is 2. The topological polar surface area (TPSA) is 89.0 Å². The lowest BCUT2D eigenvalue weighted by Gasteiger charge is -2.14. The lowest BCUT2D eigenvalue weighted by Crippen LogP contribution is -2.38. The van der Waals surface area contributed by atoms with Crippen LogP contribution in [-0.4, -0.2) is 31.7 Å². The number of methoxy groups -OCH3 is 1. The van der Waals surface area contributed by atoms with Gasteiger partial charge in [0.05, 0.1) is 18.3 Å². The highest BCUT2D eigenvalue weighted by Crippen LogP contribution is 2.32. The van der Waals surface area contributed by atoms with E-state index >= 15 is 0 Å². The number of nitrogens with zero attached hydrogens (tertiary/aromatic N) is 1. The third-order valence-corrected chi connectivity index (χ3v) is 5.12. The molecule has 34 heavy (non-hydrogen) atoms. The fourth-order valence-electron chi connectivity index (χ4n) is 3.02. The Bertz CT molecular complexity index is 1150. The summed E-state index contributed by atoms with van der Waals surface area (Å²) in [5, 5.41) is 6.61. The molecule has 2 amide bonds. The van der Waals surface area contributed by atoms with Gasteiger partial charge in [-0.15, -0.1) is 0 Å². The molecule has 3 aromatic carbocycles. The van der Waals surface area contributed by atoms with E-state index in [1.54, 1.807) is 24.3 Å². The Morgan fingerprint density at radius 1 is 1.03 bits per heavy atom. The van der Waals surface area contributed by atoms with Crippen LogP contribution < -0.4 is 20.2 Å². The lowest BCUT2D eigenvalue weighted by atomic mass is 10.1. The summed E-state index contributed by atoms with van der Waals surface area (Å²) in [5.74, 6) is -1.56. The zero-order valence-electron chi connectivity index (χ0n) is 18.4. The number of carbonyl (C=O) groups is 2. The standard InChI is InChI=1S/C25H23ClFN3O4/c1-33-22-12-5-9-18(23(22)34-16-19-20(26)10-6-11-21(19)27)15-29-30-25(32)24(31)28-14-13-17-7-3-2-4-8-17/h2-12,15H,13-14,16H2,1H3,(H,28,31)(H,30,32)/b29-15-. The lowest BCUT2D eigenvalue weighted by molar-refractivity contribution is -0.139. The van der Waals surface area contributed by atoms with Crippen molar-refractivity contribution in [1.29, 1.82) is 0 Å². The second-order valence-corrected chi connectivity index (χ2v) is 7.47. The summed E-state index contributed by atoms with van der Waals surface area (Å²) in [4.78, 5) is 24.0. The van der Waals surface area contributed by atoms with Gasteiger partial charge in [0.2, 0.25) is 0 Å². The normalized spacial score (nSPS) is 10.7. The SMILES string of the molecule is COc1cccc(/C=N\NC(=O)C(=O)NCCc2ccccc2)c1OCc1c(F)cccc1Cl. The monoisotopic (exact) mass is 483 g/mol. The number of para-hydroxylation sites is 1. The number of hydrogen-bond donors (Lipinski definition) is 2. The number of hydrazone groups is 1. The van der Waals surface area contributed by atoms with Crippen molar-refractivity contribution in [1.82, 2.24) is 10.7 Å². The molecule has 0 heterocycles. The van der Waals surface area contributed by atoms with Crippen LogP contribution in [0.25, 0.3) is 0 Å². The van der Waals surface area contributed by atoms with Crippen LogP contribution in [0.5, 0.6) is 11.5 Å². The van der Waals surface area contributed by atoms with Crippen molar-refractivity contribution in [2.75, 3.05) is 13.7 Å². The number of benzene rings is 3. The maximum Gasteiger partial charge on any atom is 0.329 e. The molecular formula is C25H23ClFN3O4. The molecule has 0 atom stereocenters. The molecule has 3 aromatic rings. The molecule has 0 aliphatic carbocycles. The third kappa shape index (κ3) is 6.79. The molecule has 0 saturated carbocycles. The number of nitrogens with one attached hydrogen (secondary N) is 2. The van der Waals surface area contributed by atoms with E-state index < -0.39 is 17.6 Å². The molecule has 7 nitrogen and oxygen atoms in total. The third-order valence-electron chi connectivity index (χ3n) is 4.77. The van der Waals surface area contributed by atoms with Crippen LogP contribution in [0, 0.1) is 5.82 Å². The van der Waals surface area contributed by atoms with E-state index in [9.17, 15) is 14.0 Å². The van der Waals surface area contributed by atoms with E-state index in [1.165, 1.54) is 25.5 Å². The molecule has 0 bridgehead atoms. The fraction of sp³-hybridized carbons (Fsp3) is 0.160. The van der Waals surface area contributed by atoms with Gasteiger partial charge in [-0.3, -0.25) is 9.59 Å². The van der Waals surface area contributed by atoms with Gasteiger partial charge in [-0.1, -0.05) is 54.1 Å². The van der Waals surface area contributed by atoms with E-state index in [0.29, 0.717) is 24.3 Å². The molecule has 0 radical (unpaired) electrons. The Hall–Kier alpha value is -3.91. The highest BCUT2D eigenvalue weighted by molar-refractivity contribution is 6.35. The van der Waals surface area contributed by atoms with Gasteiger partial charge in [-0.25, -0.2) is 9.82 Å². The molecule has 9 heteroatoms. The molecule has 0 spiro atoms. The zero-order chi connectivity index (χ0) is 24.3. The Labute approximate surface area is 201 Å². The first kappa shape index (κ1) is 24.7. The molecule has 3 rings (SSSR count). The van der Waals surface area contributed by atoms with E-state index in [0.717, 1.165) is 5.56 Å². The van der Waals surface area contributed by atoms with E-state index in [1.807, 2.05) is 30.3 Å². The predicted octanol–water partition coefficient (Wildman–Crippen LogP) is 3.88.